The molecule has 186 valence electrons. The number of halogens is 1. The van der Waals surface area contributed by atoms with E-state index in [1.165, 1.54) is 30.9 Å². The van der Waals surface area contributed by atoms with Gasteiger partial charge < -0.3 is 24.4 Å². The number of amides is 1. The van der Waals surface area contributed by atoms with E-state index >= 15 is 0 Å². The van der Waals surface area contributed by atoms with E-state index in [0.29, 0.717) is 44.7 Å². The summed E-state index contributed by atoms with van der Waals surface area (Å²) in [7, 11) is -3.30. The first-order chi connectivity index (χ1) is 17.1. The molecule has 0 saturated carbocycles. The van der Waals surface area contributed by atoms with Gasteiger partial charge in [0.1, 0.15) is 17.6 Å². The van der Waals surface area contributed by atoms with Gasteiger partial charge in [-0.2, -0.15) is 4.39 Å². The van der Waals surface area contributed by atoms with Gasteiger partial charge in [0.05, 0.1) is 7.11 Å². The molecule has 10 nitrogen and oxygen atoms in total. The molecule has 3 N–H and O–H groups in total. The van der Waals surface area contributed by atoms with Crippen LogP contribution in [0.4, 0.5) is 10.1 Å². The van der Waals surface area contributed by atoms with Crippen molar-refractivity contribution in [1.82, 2.24) is 14.5 Å². The minimum Gasteiger partial charge on any atom is -0.497 e. The first-order valence-corrected chi connectivity index (χ1v) is 12.1. The average molecular weight is 512 g/mol. The molecule has 1 atom stereocenters. The third kappa shape index (κ3) is 5.50. The Morgan fingerprint density at radius 1 is 1.19 bits per heavy atom. The molecule has 4 aromatic rings. The average Bonchev–Trinajstić information content (AvgIpc) is 3.22. The molecular formula is C24H22FN4O6P. The number of phosphoric ester groups is 1. The third-order valence-corrected chi connectivity index (χ3v) is 5.90. The molecule has 36 heavy (non-hydrogen) atoms. The molecule has 0 saturated heterocycles. The number of aromatic nitrogens is 3. The number of rotatable bonds is 8. The van der Waals surface area contributed by atoms with E-state index in [4.69, 9.17) is 9.26 Å². The zero-order valence-electron chi connectivity index (χ0n) is 19.3. The lowest BCUT2D eigenvalue weighted by molar-refractivity contribution is -0.111. The summed E-state index contributed by atoms with van der Waals surface area (Å²) in [6.45, 7) is 4.91. The molecule has 0 bridgehead atoms. The van der Waals surface area contributed by atoms with E-state index in [9.17, 15) is 23.5 Å². The molecule has 0 radical (unpaired) electrons. The summed E-state index contributed by atoms with van der Waals surface area (Å²) in [5.41, 5.74) is 3.18. The smallest absolute Gasteiger partial charge is 0.471 e. The number of ether oxygens (including phenoxy) is 1. The number of phosphoric acid groups is 1. The molecule has 0 aliphatic rings. The molecule has 1 amide bonds. The van der Waals surface area contributed by atoms with Gasteiger partial charge in [0.25, 0.3) is 0 Å². The second-order valence-electron chi connectivity index (χ2n) is 7.75. The fourth-order valence-corrected chi connectivity index (χ4v) is 4.26. The van der Waals surface area contributed by atoms with Gasteiger partial charge in [0.2, 0.25) is 11.9 Å². The standard InChI is InChI=1S/C24H22FN4O6P/c1-4-23(30)28-18-7-16(8-19(11-18)34-3)17-9-20-21(15-5-6-26-22(25)10-15)13-29(24(20)27-12-17)14(2)35-36(31,32)33/h4-14H,1H2,2-3H3,(H,28,30)(H2,31,32,33). The van der Waals surface area contributed by atoms with Crippen LogP contribution in [-0.4, -0.2) is 37.3 Å². The largest absolute Gasteiger partial charge is 0.497 e. The molecule has 0 spiro atoms. The number of pyridine rings is 2. The molecule has 1 aromatic carbocycles. The lowest BCUT2D eigenvalue weighted by atomic mass is 10.0. The van der Waals surface area contributed by atoms with Crippen LogP contribution < -0.4 is 10.1 Å². The van der Waals surface area contributed by atoms with E-state index in [2.05, 4.69) is 21.9 Å². The predicted molar refractivity (Wildman–Crippen MR) is 132 cm³/mol. The van der Waals surface area contributed by atoms with Crippen molar-refractivity contribution in [3.63, 3.8) is 0 Å². The second kappa shape index (κ2) is 10.00. The summed E-state index contributed by atoms with van der Waals surface area (Å²) in [4.78, 5) is 38.5. The van der Waals surface area contributed by atoms with Crippen molar-refractivity contribution in [2.24, 2.45) is 0 Å². The zero-order valence-corrected chi connectivity index (χ0v) is 20.1. The van der Waals surface area contributed by atoms with Crippen molar-refractivity contribution < 1.29 is 32.8 Å². The van der Waals surface area contributed by atoms with E-state index in [1.807, 2.05) is 0 Å². The van der Waals surface area contributed by atoms with Gasteiger partial charge in [-0.05, 0) is 48.4 Å². The second-order valence-corrected chi connectivity index (χ2v) is 8.94. The number of benzene rings is 1. The van der Waals surface area contributed by atoms with Crippen LogP contribution in [0.25, 0.3) is 33.3 Å². The van der Waals surface area contributed by atoms with Gasteiger partial charge in [-0.3, -0.25) is 9.32 Å². The number of methoxy groups -OCH3 is 1. The normalized spacial score (nSPS) is 12.4. The Bertz CT molecular complexity index is 1520. The maximum absolute atomic E-state index is 13.9. The van der Waals surface area contributed by atoms with Crippen molar-refractivity contribution in [2.45, 2.75) is 13.2 Å². The predicted octanol–water partition coefficient (Wildman–Crippen LogP) is 4.67. The number of hydrogen-bond donors (Lipinski definition) is 3. The fourth-order valence-electron chi connectivity index (χ4n) is 3.76. The highest BCUT2D eigenvalue weighted by Crippen LogP contribution is 2.43. The van der Waals surface area contributed by atoms with Crippen LogP contribution in [0, 0.1) is 5.95 Å². The Kier molecular flexibility index (Phi) is 7.00. The Hall–Kier alpha value is -3.89. The number of nitrogens with one attached hydrogen (secondary N) is 1. The van der Waals surface area contributed by atoms with Gasteiger partial charge in [0, 0.05) is 52.9 Å². The fraction of sp³-hybridized carbons (Fsp3) is 0.125. The first-order valence-electron chi connectivity index (χ1n) is 10.6. The molecule has 12 heteroatoms. The van der Waals surface area contributed by atoms with Crippen molar-refractivity contribution in [1.29, 1.82) is 0 Å². The SMILES string of the molecule is C=CC(=O)Nc1cc(OC)cc(-c2cnc3c(c2)c(-c2ccnc(F)c2)cn3C(C)OP(=O)(O)O)c1. The van der Waals surface area contributed by atoms with E-state index in [0.717, 1.165) is 6.08 Å². The number of fused-ring (bicyclic) bond motifs is 1. The Balaban J connectivity index is 1.90. The van der Waals surface area contributed by atoms with E-state index < -0.39 is 20.0 Å². The Morgan fingerprint density at radius 2 is 1.97 bits per heavy atom. The lowest BCUT2D eigenvalue weighted by Gasteiger charge is -2.16. The number of anilines is 1. The van der Waals surface area contributed by atoms with Gasteiger partial charge in [0.15, 0.2) is 0 Å². The summed E-state index contributed by atoms with van der Waals surface area (Å²) in [5.74, 6) is -0.585. The lowest BCUT2D eigenvalue weighted by Crippen LogP contribution is -2.08. The quantitative estimate of drug-likeness (QED) is 0.176. The van der Waals surface area contributed by atoms with Gasteiger partial charge >= 0.3 is 7.82 Å². The van der Waals surface area contributed by atoms with Crippen LogP contribution >= 0.6 is 7.82 Å². The summed E-state index contributed by atoms with van der Waals surface area (Å²) in [6.07, 6.45) is 4.53. The highest BCUT2D eigenvalue weighted by atomic mass is 31.2. The van der Waals surface area contributed by atoms with Crippen LogP contribution in [0.15, 0.2) is 67.6 Å². The van der Waals surface area contributed by atoms with Crippen LogP contribution in [0.2, 0.25) is 0 Å². The van der Waals surface area contributed by atoms with Gasteiger partial charge in [-0.15, -0.1) is 0 Å². The molecule has 3 heterocycles. The zero-order chi connectivity index (χ0) is 26.0. The van der Waals surface area contributed by atoms with Crippen molar-refractivity contribution in [2.75, 3.05) is 12.4 Å². The highest BCUT2D eigenvalue weighted by molar-refractivity contribution is 7.46. The number of carbonyl (C=O) groups is 1. The number of carbonyl (C=O) groups excluding carboxylic acids is 1. The molecule has 4 rings (SSSR count). The highest BCUT2D eigenvalue weighted by Gasteiger charge is 2.23. The molecule has 0 aliphatic heterocycles. The van der Waals surface area contributed by atoms with Crippen molar-refractivity contribution >= 4 is 30.5 Å². The van der Waals surface area contributed by atoms with Crippen LogP contribution in [0.5, 0.6) is 5.75 Å². The summed E-state index contributed by atoms with van der Waals surface area (Å²) in [5, 5.41) is 3.27. The summed E-state index contributed by atoms with van der Waals surface area (Å²) >= 11 is 0. The van der Waals surface area contributed by atoms with Crippen LogP contribution in [0.1, 0.15) is 13.2 Å². The first kappa shape index (κ1) is 25.2. The van der Waals surface area contributed by atoms with E-state index in [-0.39, 0.29) is 5.91 Å². The van der Waals surface area contributed by atoms with Gasteiger partial charge in [-0.25, -0.2) is 14.5 Å². The minimum atomic E-state index is -4.80. The molecule has 0 aliphatic carbocycles. The molecule has 1 unspecified atom stereocenters. The van der Waals surface area contributed by atoms with Crippen LogP contribution in [-0.2, 0) is 13.9 Å². The molecule has 3 aromatic heterocycles. The molecular weight excluding hydrogens is 490 g/mol. The minimum absolute atomic E-state index is 0.356. The van der Waals surface area contributed by atoms with E-state index in [1.54, 1.807) is 42.7 Å². The van der Waals surface area contributed by atoms with Crippen molar-refractivity contribution in [3.8, 4) is 28.0 Å². The summed E-state index contributed by atoms with van der Waals surface area (Å²) < 4.78 is 37.0. The maximum atomic E-state index is 13.9. The molecule has 0 fully saturated rings. The monoisotopic (exact) mass is 512 g/mol. The van der Waals surface area contributed by atoms with Crippen molar-refractivity contribution in [3.05, 3.63) is 73.6 Å². The number of nitrogens with zero attached hydrogens (tertiary/aromatic N) is 3. The number of hydrogen-bond acceptors (Lipinski definition) is 6. The Morgan fingerprint density at radius 3 is 2.64 bits per heavy atom. The maximum Gasteiger partial charge on any atom is 0.471 e. The van der Waals surface area contributed by atoms with Crippen LogP contribution in [0.3, 0.4) is 0 Å². The third-order valence-electron chi connectivity index (χ3n) is 5.32. The van der Waals surface area contributed by atoms with Gasteiger partial charge in [-0.1, -0.05) is 6.58 Å². The Labute approximate surface area is 205 Å². The summed E-state index contributed by atoms with van der Waals surface area (Å²) in [6, 6.07) is 9.79. The topological polar surface area (TPSA) is 136 Å².